The first-order valence-corrected chi connectivity index (χ1v) is 10.9. The van der Waals surface area contributed by atoms with Crippen LogP contribution < -0.4 is 10.0 Å². The van der Waals surface area contributed by atoms with E-state index >= 15 is 0 Å². The Balaban J connectivity index is 0.00000392. The van der Waals surface area contributed by atoms with Crippen molar-refractivity contribution < 1.29 is 13.2 Å². The van der Waals surface area contributed by atoms with Gasteiger partial charge in [0.25, 0.3) is 0 Å². The SMILES string of the molecule is C[C@H](NC(C)(C)Cc1ccc(Cl)cc1)C(=O)c1ccc(NS(C)(=O)=O)cc1.Cl. The van der Waals surface area contributed by atoms with Crippen LogP contribution in [0.5, 0.6) is 0 Å². The summed E-state index contributed by atoms with van der Waals surface area (Å²) in [7, 11) is -3.34. The van der Waals surface area contributed by atoms with Gasteiger partial charge in [0.1, 0.15) is 0 Å². The molecule has 0 saturated heterocycles. The minimum Gasteiger partial charge on any atom is -0.302 e. The van der Waals surface area contributed by atoms with Gasteiger partial charge in [-0.2, -0.15) is 0 Å². The number of hydrogen-bond acceptors (Lipinski definition) is 4. The number of nitrogens with one attached hydrogen (secondary N) is 2. The fourth-order valence-corrected chi connectivity index (χ4v) is 3.67. The average molecular weight is 445 g/mol. The number of carbonyl (C=O) groups excluding carboxylic acids is 1. The Hall–Kier alpha value is -1.60. The van der Waals surface area contributed by atoms with Crippen molar-refractivity contribution in [2.75, 3.05) is 11.0 Å². The lowest BCUT2D eigenvalue weighted by Gasteiger charge is -2.30. The Morgan fingerprint density at radius 3 is 2.11 bits per heavy atom. The predicted molar refractivity (Wildman–Crippen MR) is 118 cm³/mol. The third kappa shape index (κ3) is 7.80. The van der Waals surface area contributed by atoms with E-state index in [1.54, 1.807) is 24.3 Å². The molecule has 0 heterocycles. The van der Waals surface area contributed by atoms with Crippen molar-refractivity contribution >= 4 is 45.5 Å². The maximum Gasteiger partial charge on any atom is 0.229 e. The fraction of sp³-hybridized carbons (Fsp3) is 0.350. The molecule has 0 aliphatic carbocycles. The molecule has 28 heavy (non-hydrogen) atoms. The third-order valence-electron chi connectivity index (χ3n) is 4.03. The minimum atomic E-state index is -3.34. The Bertz CT molecular complexity index is 896. The standard InChI is InChI=1S/C20H25ClN2O3S.ClH/c1-14(22-20(2,3)13-15-5-9-17(21)10-6-15)19(24)16-7-11-18(12-8-16)23-27(4,25)26;/h5-12,14,22-23H,13H2,1-4H3;1H/t14-;/m0./s1. The molecule has 2 rings (SSSR count). The molecule has 0 amide bonds. The molecular formula is C20H26Cl2N2O3S. The van der Waals surface area contributed by atoms with Gasteiger partial charge in [0.15, 0.2) is 5.78 Å². The highest BCUT2D eigenvalue weighted by molar-refractivity contribution is 7.92. The Morgan fingerprint density at radius 1 is 1.07 bits per heavy atom. The highest BCUT2D eigenvalue weighted by Gasteiger charge is 2.25. The fourth-order valence-electron chi connectivity index (χ4n) is 2.98. The predicted octanol–water partition coefficient (Wildman–Crippen LogP) is 4.32. The van der Waals surface area contributed by atoms with Gasteiger partial charge in [-0.3, -0.25) is 9.52 Å². The summed E-state index contributed by atoms with van der Waals surface area (Å²) in [6.07, 6.45) is 1.83. The number of carbonyl (C=O) groups is 1. The highest BCUT2D eigenvalue weighted by Crippen LogP contribution is 2.18. The molecule has 0 radical (unpaired) electrons. The van der Waals surface area contributed by atoms with Gasteiger partial charge in [0.2, 0.25) is 10.0 Å². The molecule has 0 aliphatic rings. The van der Waals surface area contributed by atoms with E-state index in [-0.39, 0.29) is 29.8 Å². The van der Waals surface area contributed by atoms with Gasteiger partial charge in [0.05, 0.1) is 12.3 Å². The van der Waals surface area contributed by atoms with Crippen LogP contribution in [0.4, 0.5) is 5.69 Å². The highest BCUT2D eigenvalue weighted by atomic mass is 35.5. The van der Waals surface area contributed by atoms with Crippen LogP contribution in [0.1, 0.15) is 36.7 Å². The van der Waals surface area contributed by atoms with E-state index in [0.717, 1.165) is 18.2 Å². The average Bonchev–Trinajstić information content (AvgIpc) is 2.55. The van der Waals surface area contributed by atoms with Crippen LogP contribution in [-0.2, 0) is 16.4 Å². The van der Waals surface area contributed by atoms with Gasteiger partial charge in [-0.05, 0) is 69.2 Å². The zero-order chi connectivity index (χ0) is 20.2. The van der Waals surface area contributed by atoms with Crippen LogP contribution in [0, 0.1) is 0 Å². The van der Waals surface area contributed by atoms with Crippen molar-refractivity contribution in [2.24, 2.45) is 0 Å². The van der Waals surface area contributed by atoms with Gasteiger partial charge in [-0.1, -0.05) is 23.7 Å². The van der Waals surface area contributed by atoms with Crippen LogP contribution in [0.15, 0.2) is 48.5 Å². The zero-order valence-corrected chi connectivity index (χ0v) is 18.7. The Labute approximate surface area is 178 Å². The number of halogens is 2. The van der Waals surface area contributed by atoms with E-state index in [1.165, 1.54) is 0 Å². The molecule has 0 bridgehead atoms. The van der Waals surface area contributed by atoms with Crippen LogP contribution in [0.3, 0.4) is 0 Å². The maximum absolute atomic E-state index is 12.7. The van der Waals surface area contributed by atoms with Crippen molar-refractivity contribution in [3.8, 4) is 0 Å². The molecule has 154 valence electrons. The topological polar surface area (TPSA) is 75.3 Å². The second-order valence-electron chi connectivity index (χ2n) is 7.37. The first-order chi connectivity index (χ1) is 12.5. The largest absolute Gasteiger partial charge is 0.302 e. The molecule has 5 nitrogen and oxygen atoms in total. The molecule has 2 aromatic carbocycles. The first kappa shape index (κ1) is 24.4. The molecular weight excluding hydrogens is 419 g/mol. The van der Waals surface area contributed by atoms with E-state index in [9.17, 15) is 13.2 Å². The summed E-state index contributed by atoms with van der Waals surface area (Å²) in [5.41, 5.74) is 1.79. The summed E-state index contributed by atoms with van der Waals surface area (Å²) < 4.78 is 24.9. The Kier molecular flexibility index (Phi) is 8.50. The maximum atomic E-state index is 12.7. The van der Waals surface area contributed by atoms with Gasteiger partial charge in [-0.25, -0.2) is 8.42 Å². The molecule has 2 aromatic rings. The van der Waals surface area contributed by atoms with E-state index in [0.29, 0.717) is 16.3 Å². The number of Topliss-reactive ketones (excluding diaryl/α,β-unsaturated/α-hetero) is 1. The number of sulfonamides is 1. The number of rotatable bonds is 8. The van der Waals surface area contributed by atoms with Crippen molar-refractivity contribution in [1.29, 1.82) is 0 Å². The van der Waals surface area contributed by atoms with Gasteiger partial charge in [-0.15, -0.1) is 12.4 Å². The first-order valence-electron chi connectivity index (χ1n) is 8.59. The van der Waals surface area contributed by atoms with E-state index in [4.69, 9.17) is 11.6 Å². The molecule has 0 fully saturated rings. The monoisotopic (exact) mass is 444 g/mol. The molecule has 0 aromatic heterocycles. The summed E-state index contributed by atoms with van der Waals surface area (Å²) >= 11 is 5.92. The summed E-state index contributed by atoms with van der Waals surface area (Å²) in [6, 6.07) is 13.7. The van der Waals surface area contributed by atoms with Crippen LogP contribution >= 0.6 is 24.0 Å². The quantitative estimate of drug-likeness (QED) is 0.594. The van der Waals surface area contributed by atoms with Crippen molar-refractivity contribution in [2.45, 2.75) is 38.8 Å². The number of hydrogen-bond donors (Lipinski definition) is 2. The zero-order valence-electron chi connectivity index (χ0n) is 16.3. The van der Waals surface area contributed by atoms with Crippen molar-refractivity contribution in [3.05, 3.63) is 64.7 Å². The number of benzene rings is 2. The molecule has 0 aliphatic heterocycles. The number of anilines is 1. The second kappa shape index (κ2) is 9.74. The van der Waals surface area contributed by atoms with E-state index in [2.05, 4.69) is 10.0 Å². The lowest BCUT2D eigenvalue weighted by atomic mass is 9.93. The molecule has 0 unspecified atom stereocenters. The molecule has 2 N–H and O–H groups in total. The van der Waals surface area contributed by atoms with E-state index in [1.807, 2.05) is 45.0 Å². The van der Waals surface area contributed by atoms with Crippen molar-refractivity contribution in [1.82, 2.24) is 5.32 Å². The van der Waals surface area contributed by atoms with E-state index < -0.39 is 10.0 Å². The van der Waals surface area contributed by atoms with Crippen LogP contribution in [-0.4, -0.2) is 32.0 Å². The molecule has 0 spiro atoms. The van der Waals surface area contributed by atoms with Gasteiger partial charge >= 0.3 is 0 Å². The minimum absolute atomic E-state index is 0. The lowest BCUT2D eigenvalue weighted by molar-refractivity contribution is 0.0933. The lowest BCUT2D eigenvalue weighted by Crippen LogP contribution is -2.49. The van der Waals surface area contributed by atoms with Crippen LogP contribution in [0.25, 0.3) is 0 Å². The molecule has 0 saturated carbocycles. The summed E-state index contributed by atoms with van der Waals surface area (Å²) in [5, 5.41) is 4.07. The van der Waals surface area contributed by atoms with Gasteiger partial charge in [0, 0.05) is 21.8 Å². The third-order valence-corrected chi connectivity index (χ3v) is 4.89. The second-order valence-corrected chi connectivity index (χ2v) is 9.55. The van der Waals surface area contributed by atoms with Crippen molar-refractivity contribution in [3.63, 3.8) is 0 Å². The molecule has 8 heteroatoms. The summed E-state index contributed by atoms with van der Waals surface area (Å²) in [4.78, 5) is 12.7. The van der Waals surface area contributed by atoms with Gasteiger partial charge < -0.3 is 5.32 Å². The smallest absolute Gasteiger partial charge is 0.229 e. The number of ketones is 1. The molecule has 1 atom stereocenters. The normalized spacial score (nSPS) is 12.8. The summed E-state index contributed by atoms with van der Waals surface area (Å²) in [5.74, 6) is -0.0508. The van der Waals surface area contributed by atoms with Crippen LogP contribution in [0.2, 0.25) is 5.02 Å². The summed E-state index contributed by atoms with van der Waals surface area (Å²) in [6.45, 7) is 5.92. The Morgan fingerprint density at radius 2 is 1.61 bits per heavy atom.